The lowest BCUT2D eigenvalue weighted by Gasteiger charge is -2.11. The Labute approximate surface area is 131 Å². The zero-order chi connectivity index (χ0) is 14.0. The Hall–Kier alpha value is -0.880. The zero-order valence-electron chi connectivity index (χ0n) is 11.0. The molecule has 2 aromatic rings. The van der Waals surface area contributed by atoms with Gasteiger partial charge in [0.05, 0.1) is 21.9 Å². The molecule has 0 unspecified atom stereocenters. The Balaban J connectivity index is 2.62. The minimum atomic E-state index is 0.491. The van der Waals surface area contributed by atoms with Gasteiger partial charge in [0.1, 0.15) is 10.9 Å². The molecular weight excluding hydrogens is 375 g/mol. The maximum absolute atomic E-state index is 6.18. The lowest BCUT2D eigenvalue weighted by atomic mass is 10.1. The van der Waals surface area contributed by atoms with Gasteiger partial charge >= 0.3 is 0 Å². The maximum Gasteiger partial charge on any atom is 0.164 e. The first kappa shape index (κ1) is 14.5. The summed E-state index contributed by atoms with van der Waals surface area (Å²) in [6, 6.07) is 5.95. The van der Waals surface area contributed by atoms with Crippen LogP contribution in [0.25, 0.3) is 11.4 Å². The summed E-state index contributed by atoms with van der Waals surface area (Å²) in [5.74, 6) is 1.37. The summed E-state index contributed by atoms with van der Waals surface area (Å²) in [5.41, 5.74) is 2.95. The molecule has 0 N–H and O–H groups in total. The summed E-state index contributed by atoms with van der Waals surface area (Å²) < 4.78 is 6.31. The summed E-state index contributed by atoms with van der Waals surface area (Å²) in [6.07, 6.45) is 0.821. The standard InChI is InChI=1S/C14H14ClIN2O/c1-4-10-12(16)13(15)18-14(17-10)9-6-5-8(2)7-11(9)19-3/h5-7H,4H2,1-3H3. The van der Waals surface area contributed by atoms with Crippen LogP contribution < -0.4 is 4.74 Å². The molecule has 3 nitrogen and oxygen atoms in total. The Morgan fingerprint density at radius 2 is 2.05 bits per heavy atom. The van der Waals surface area contributed by atoms with Gasteiger partial charge in [-0.1, -0.05) is 24.6 Å². The molecule has 5 heteroatoms. The lowest BCUT2D eigenvalue weighted by Crippen LogP contribution is -2.01. The number of benzene rings is 1. The van der Waals surface area contributed by atoms with Gasteiger partial charge in [0, 0.05) is 0 Å². The third-order valence-corrected chi connectivity index (χ3v) is 4.54. The van der Waals surface area contributed by atoms with Gasteiger partial charge in [0.25, 0.3) is 0 Å². The van der Waals surface area contributed by atoms with Crippen molar-refractivity contribution in [2.75, 3.05) is 7.11 Å². The molecule has 0 aliphatic rings. The average molecular weight is 389 g/mol. The number of ether oxygens (including phenoxy) is 1. The molecule has 0 saturated heterocycles. The van der Waals surface area contributed by atoms with Gasteiger partial charge in [-0.3, -0.25) is 0 Å². The van der Waals surface area contributed by atoms with E-state index in [0.717, 1.165) is 32.6 Å². The van der Waals surface area contributed by atoms with Crippen LogP contribution in [0.2, 0.25) is 5.15 Å². The van der Waals surface area contributed by atoms with Crippen molar-refractivity contribution in [3.63, 3.8) is 0 Å². The predicted octanol–water partition coefficient (Wildman–Crippen LogP) is 4.28. The van der Waals surface area contributed by atoms with Crippen LogP contribution >= 0.6 is 34.2 Å². The van der Waals surface area contributed by atoms with E-state index in [2.05, 4.69) is 39.5 Å². The quantitative estimate of drug-likeness (QED) is 0.581. The predicted molar refractivity (Wildman–Crippen MR) is 85.9 cm³/mol. The Morgan fingerprint density at radius 1 is 1.32 bits per heavy atom. The summed E-state index contributed by atoms with van der Waals surface area (Å²) in [4.78, 5) is 8.93. The molecule has 0 atom stereocenters. The van der Waals surface area contributed by atoms with Crippen molar-refractivity contribution >= 4 is 34.2 Å². The van der Waals surface area contributed by atoms with Crippen molar-refractivity contribution in [3.8, 4) is 17.1 Å². The van der Waals surface area contributed by atoms with Crippen LogP contribution in [0.15, 0.2) is 18.2 Å². The summed E-state index contributed by atoms with van der Waals surface area (Å²) in [5, 5.41) is 0.491. The van der Waals surface area contributed by atoms with E-state index in [4.69, 9.17) is 16.3 Å². The van der Waals surface area contributed by atoms with Gasteiger partial charge in [-0.2, -0.15) is 0 Å². The van der Waals surface area contributed by atoms with Crippen molar-refractivity contribution in [1.29, 1.82) is 0 Å². The lowest BCUT2D eigenvalue weighted by molar-refractivity contribution is 0.416. The number of aromatic nitrogens is 2. The van der Waals surface area contributed by atoms with Crippen LogP contribution in [0, 0.1) is 10.5 Å². The Morgan fingerprint density at radius 3 is 2.68 bits per heavy atom. The number of hydrogen-bond donors (Lipinski definition) is 0. The second kappa shape index (κ2) is 6.05. The molecule has 19 heavy (non-hydrogen) atoms. The van der Waals surface area contributed by atoms with Gasteiger partial charge in [0.15, 0.2) is 5.82 Å². The van der Waals surface area contributed by atoms with Gasteiger partial charge < -0.3 is 4.74 Å². The minimum Gasteiger partial charge on any atom is -0.496 e. The molecule has 0 amide bonds. The smallest absolute Gasteiger partial charge is 0.164 e. The molecular formula is C14H14ClIN2O. The van der Waals surface area contributed by atoms with Crippen molar-refractivity contribution in [3.05, 3.63) is 38.2 Å². The summed E-state index contributed by atoms with van der Waals surface area (Å²) in [7, 11) is 1.65. The third kappa shape index (κ3) is 3.00. The van der Waals surface area contributed by atoms with Crippen LogP contribution in [0.3, 0.4) is 0 Å². The van der Waals surface area contributed by atoms with Crippen molar-refractivity contribution < 1.29 is 4.74 Å². The first-order chi connectivity index (χ1) is 9.06. The normalized spacial score (nSPS) is 10.6. The molecule has 0 fully saturated rings. The van der Waals surface area contributed by atoms with E-state index in [1.54, 1.807) is 7.11 Å². The Bertz CT molecular complexity index is 617. The van der Waals surface area contributed by atoms with Crippen LogP contribution in [0.4, 0.5) is 0 Å². The molecule has 0 saturated carbocycles. The van der Waals surface area contributed by atoms with Crippen LogP contribution in [0.5, 0.6) is 5.75 Å². The minimum absolute atomic E-state index is 0.491. The van der Waals surface area contributed by atoms with Gasteiger partial charge in [0.2, 0.25) is 0 Å². The van der Waals surface area contributed by atoms with E-state index >= 15 is 0 Å². The number of rotatable bonds is 3. The van der Waals surface area contributed by atoms with Gasteiger partial charge in [-0.25, -0.2) is 9.97 Å². The van der Waals surface area contributed by atoms with Crippen LogP contribution in [-0.2, 0) is 6.42 Å². The number of aryl methyl sites for hydroxylation is 2. The van der Waals surface area contributed by atoms with E-state index in [1.165, 1.54) is 0 Å². The third-order valence-electron chi connectivity index (χ3n) is 2.81. The second-order valence-electron chi connectivity index (χ2n) is 4.16. The molecule has 2 rings (SSSR count). The number of nitrogens with zero attached hydrogens (tertiary/aromatic N) is 2. The monoisotopic (exact) mass is 388 g/mol. The van der Waals surface area contributed by atoms with Crippen molar-refractivity contribution in [2.24, 2.45) is 0 Å². The average Bonchev–Trinajstić information content (AvgIpc) is 2.41. The molecule has 1 aromatic heterocycles. The van der Waals surface area contributed by atoms with E-state index in [0.29, 0.717) is 11.0 Å². The number of hydrogen-bond acceptors (Lipinski definition) is 3. The second-order valence-corrected chi connectivity index (χ2v) is 5.59. The summed E-state index contributed by atoms with van der Waals surface area (Å²) in [6.45, 7) is 4.07. The molecule has 1 aromatic carbocycles. The highest BCUT2D eigenvalue weighted by Crippen LogP contribution is 2.31. The van der Waals surface area contributed by atoms with E-state index in [-0.39, 0.29) is 0 Å². The summed E-state index contributed by atoms with van der Waals surface area (Å²) >= 11 is 8.35. The molecule has 0 spiro atoms. The highest BCUT2D eigenvalue weighted by Gasteiger charge is 2.14. The molecule has 1 heterocycles. The van der Waals surface area contributed by atoms with Gasteiger partial charge in [-0.15, -0.1) is 0 Å². The molecule has 0 aliphatic heterocycles. The largest absolute Gasteiger partial charge is 0.496 e. The van der Waals surface area contributed by atoms with E-state index in [1.807, 2.05) is 25.1 Å². The molecule has 0 radical (unpaired) electrons. The first-order valence-electron chi connectivity index (χ1n) is 5.93. The van der Waals surface area contributed by atoms with Crippen molar-refractivity contribution in [2.45, 2.75) is 20.3 Å². The molecule has 100 valence electrons. The number of methoxy groups -OCH3 is 1. The van der Waals surface area contributed by atoms with Crippen molar-refractivity contribution in [1.82, 2.24) is 9.97 Å². The topological polar surface area (TPSA) is 35.0 Å². The highest BCUT2D eigenvalue weighted by molar-refractivity contribution is 14.1. The van der Waals surface area contributed by atoms with E-state index in [9.17, 15) is 0 Å². The van der Waals surface area contributed by atoms with Crippen LogP contribution in [0.1, 0.15) is 18.2 Å². The molecule has 0 aliphatic carbocycles. The fraction of sp³-hybridized carbons (Fsp3) is 0.286. The van der Waals surface area contributed by atoms with Crippen LogP contribution in [-0.4, -0.2) is 17.1 Å². The molecule has 0 bridgehead atoms. The zero-order valence-corrected chi connectivity index (χ0v) is 13.9. The SMILES string of the molecule is CCc1nc(-c2ccc(C)cc2OC)nc(Cl)c1I. The maximum atomic E-state index is 6.18. The fourth-order valence-corrected chi connectivity index (χ4v) is 2.61. The van der Waals surface area contributed by atoms with Gasteiger partial charge in [-0.05, 0) is 53.6 Å². The number of halogens is 2. The fourth-order valence-electron chi connectivity index (χ4n) is 1.80. The highest BCUT2D eigenvalue weighted by atomic mass is 127. The first-order valence-corrected chi connectivity index (χ1v) is 7.39. The Kier molecular flexibility index (Phi) is 4.62. The van der Waals surface area contributed by atoms with E-state index < -0.39 is 0 Å².